The highest BCUT2D eigenvalue weighted by Gasteiger charge is 2.28. The number of nitrogens with one attached hydrogen (secondary N) is 2. The molecule has 2 N–H and O–H groups in total. The quantitative estimate of drug-likeness (QED) is 0.904. The van der Waals surface area contributed by atoms with E-state index < -0.39 is 0 Å². The normalized spacial score (nSPS) is 17.5. The molecule has 0 bridgehead atoms. The van der Waals surface area contributed by atoms with Crippen LogP contribution >= 0.6 is 0 Å². The van der Waals surface area contributed by atoms with Crippen molar-refractivity contribution < 1.29 is 4.79 Å². The lowest BCUT2D eigenvalue weighted by Gasteiger charge is -2.23. The van der Waals surface area contributed by atoms with Crippen molar-refractivity contribution >= 4 is 5.91 Å². The Bertz CT molecular complexity index is 802. The number of hydrogen-bond acceptors (Lipinski definition) is 3. The van der Waals surface area contributed by atoms with Gasteiger partial charge in [-0.3, -0.25) is 4.79 Å². The molecule has 1 aromatic heterocycles. The molecule has 2 aromatic rings. The van der Waals surface area contributed by atoms with Gasteiger partial charge in [0.2, 0.25) is 0 Å². The number of nitrogens with zero attached hydrogens (tertiary/aromatic N) is 2. The first-order chi connectivity index (χ1) is 12.1. The third kappa shape index (κ3) is 3.09. The second-order valence-electron chi connectivity index (χ2n) is 7.33. The topological polar surface area (TPSA) is 59.0 Å². The minimum Gasteiger partial charge on any atom is -0.348 e. The predicted octanol–water partition coefficient (Wildman–Crippen LogP) is 2.46. The molecule has 0 saturated carbocycles. The maximum absolute atomic E-state index is 12.8. The first kappa shape index (κ1) is 16.3. The largest absolute Gasteiger partial charge is 0.348 e. The predicted molar refractivity (Wildman–Crippen MR) is 98.4 cm³/mol. The third-order valence-electron chi connectivity index (χ3n) is 5.40. The van der Waals surface area contributed by atoms with Crippen LogP contribution < -0.4 is 10.6 Å². The summed E-state index contributed by atoms with van der Waals surface area (Å²) in [4.78, 5) is 12.8. The number of benzene rings is 1. The second kappa shape index (κ2) is 6.64. The summed E-state index contributed by atoms with van der Waals surface area (Å²) in [6.07, 6.45) is 5.04. The molecule has 1 saturated heterocycles. The molecule has 2 aliphatic rings. The van der Waals surface area contributed by atoms with E-state index in [1.165, 1.54) is 16.8 Å². The van der Waals surface area contributed by atoms with Gasteiger partial charge in [0, 0.05) is 17.3 Å². The molecule has 0 unspecified atom stereocenters. The molecule has 0 spiro atoms. The van der Waals surface area contributed by atoms with Gasteiger partial charge in [0.25, 0.3) is 5.91 Å². The lowest BCUT2D eigenvalue weighted by Crippen LogP contribution is -2.43. The molecule has 1 fully saturated rings. The molecule has 25 heavy (non-hydrogen) atoms. The van der Waals surface area contributed by atoms with Crippen LogP contribution in [0.25, 0.3) is 5.69 Å². The number of amides is 1. The van der Waals surface area contributed by atoms with E-state index in [0.717, 1.165) is 56.4 Å². The summed E-state index contributed by atoms with van der Waals surface area (Å²) in [6.45, 7) is 6.16. The first-order valence-electron chi connectivity index (χ1n) is 9.33. The van der Waals surface area contributed by atoms with Crippen molar-refractivity contribution in [2.24, 2.45) is 0 Å². The van der Waals surface area contributed by atoms with Gasteiger partial charge in [-0.05, 0) is 70.7 Å². The van der Waals surface area contributed by atoms with Crippen molar-refractivity contribution in [2.45, 2.75) is 52.0 Å². The summed E-state index contributed by atoms with van der Waals surface area (Å²) in [5.41, 5.74) is 6.51. The molecule has 132 valence electrons. The van der Waals surface area contributed by atoms with E-state index in [1.54, 1.807) is 0 Å². The number of carbonyl (C=O) groups is 1. The summed E-state index contributed by atoms with van der Waals surface area (Å²) < 4.78 is 2.01. The average Bonchev–Trinajstić information content (AvgIpc) is 3.18. The molecular formula is C20H26N4O. The molecule has 5 nitrogen and oxygen atoms in total. The zero-order valence-corrected chi connectivity index (χ0v) is 15.1. The highest BCUT2D eigenvalue weighted by Crippen LogP contribution is 2.29. The smallest absolute Gasteiger partial charge is 0.272 e. The van der Waals surface area contributed by atoms with Crippen molar-refractivity contribution in [1.82, 2.24) is 20.4 Å². The van der Waals surface area contributed by atoms with Gasteiger partial charge in [-0.1, -0.05) is 17.7 Å². The van der Waals surface area contributed by atoms with Gasteiger partial charge in [0.1, 0.15) is 0 Å². The average molecular weight is 338 g/mol. The summed E-state index contributed by atoms with van der Waals surface area (Å²) in [5, 5.41) is 11.3. The highest BCUT2D eigenvalue weighted by molar-refractivity contribution is 5.94. The highest BCUT2D eigenvalue weighted by atomic mass is 16.2. The summed E-state index contributed by atoms with van der Waals surface area (Å²) in [6, 6.07) is 6.66. The lowest BCUT2D eigenvalue weighted by atomic mass is 10.1. The molecule has 0 radical (unpaired) electrons. The Kier molecular flexibility index (Phi) is 4.34. The Hall–Kier alpha value is -2.14. The van der Waals surface area contributed by atoms with Crippen LogP contribution in [0.4, 0.5) is 0 Å². The van der Waals surface area contributed by atoms with Crippen LogP contribution in [-0.4, -0.2) is 34.8 Å². The second-order valence-corrected chi connectivity index (χ2v) is 7.33. The van der Waals surface area contributed by atoms with Crippen LogP contribution in [0.5, 0.6) is 0 Å². The van der Waals surface area contributed by atoms with Gasteiger partial charge in [-0.25, -0.2) is 4.68 Å². The van der Waals surface area contributed by atoms with E-state index in [9.17, 15) is 4.79 Å². The van der Waals surface area contributed by atoms with Crippen LogP contribution in [0.3, 0.4) is 0 Å². The van der Waals surface area contributed by atoms with Crippen LogP contribution in [0.1, 0.15) is 52.1 Å². The Morgan fingerprint density at radius 1 is 1.24 bits per heavy atom. The molecule has 1 aliphatic heterocycles. The minimum absolute atomic E-state index is 0.00596. The molecular weight excluding hydrogens is 312 g/mol. The number of fused-ring (bicyclic) bond motifs is 1. The van der Waals surface area contributed by atoms with E-state index in [1.807, 2.05) is 4.68 Å². The Labute approximate surface area is 148 Å². The van der Waals surface area contributed by atoms with Crippen molar-refractivity contribution in [1.29, 1.82) is 0 Å². The van der Waals surface area contributed by atoms with Gasteiger partial charge >= 0.3 is 0 Å². The van der Waals surface area contributed by atoms with E-state index in [-0.39, 0.29) is 11.9 Å². The molecule has 0 atom stereocenters. The first-order valence-corrected chi connectivity index (χ1v) is 9.33. The number of rotatable bonds is 3. The van der Waals surface area contributed by atoms with Crippen molar-refractivity contribution in [3.8, 4) is 5.69 Å². The monoisotopic (exact) mass is 338 g/mol. The van der Waals surface area contributed by atoms with E-state index in [4.69, 9.17) is 5.10 Å². The lowest BCUT2D eigenvalue weighted by molar-refractivity contribution is 0.0923. The van der Waals surface area contributed by atoms with E-state index in [2.05, 4.69) is 42.7 Å². The Balaban J connectivity index is 1.66. The maximum Gasteiger partial charge on any atom is 0.272 e. The number of carbonyl (C=O) groups excluding carboxylic acids is 1. The third-order valence-corrected chi connectivity index (χ3v) is 5.40. The molecule has 4 rings (SSSR count). The molecule has 1 aliphatic carbocycles. The number of piperidine rings is 1. The zero-order chi connectivity index (χ0) is 17.4. The SMILES string of the molecule is Cc1ccc(-n2nc(C(=O)NC3CCNCC3)c3c2CCC3)c(C)c1. The fourth-order valence-electron chi connectivity index (χ4n) is 4.08. The van der Waals surface area contributed by atoms with Crippen LogP contribution in [-0.2, 0) is 12.8 Å². The van der Waals surface area contributed by atoms with Gasteiger partial charge in [-0.15, -0.1) is 0 Å². The Morgan fingerprint density at radius 2 is 2.04 bits per heavy atom. The zero-order valence-electron chi connectivity index (χ0n) is 15.1. The molecule has 2 heterocycles. The number of aryl methyl sites for hydroxylation is 2. The van der Waals surface area contributed by atoms with E-state index >= 15 is 0 Å². The van der Waals surface area contributed by atoms with Crippen molar-refractivity contribution in [3.63, 3.8) is 0 Å². The molecule has 5 heteroatoms. The fourth-order valence-corrected chi connectivity index (χ4v) is 4.08. The number of hydrogen-bond donors (Lipinski definition) is 2. The van der Waals surface area contributed by atoms with Crippen LogP contribution in [0, 0.1) is 13.8 Å². The summed E-state index contributed by atoms with van der Waals surface area (Å²) in [5.74, 6) is -0.00596. The van der Waals surface area contributed by atoms with Gasteiger partial charge < -0.3 is 10.6 Å². The molecule has 1 amide bonds. The number of aromatic nitrogens is 2. The van der Waals surface area contributed by atoms with Gasteiger partial charge in [-0.2, -0.15) is 5.10 Å². The minimum atomic E-state index is -0.00596. The van der Waals surface area contributed by atoms with Crippen LogP contribution in [0.2, 0.25) is 0 Å². The van der Waals surface area contributed by atoms with Crippen LogP contribution in [0.15, 0.2) is 18.2 Å². The fraction of sp³-hybridized carbons (Fsp3) is 0.500. The van der Waals surface area contributed by atoms with Gasteiger partial charge in [0.15, 0.2) is 5.69 Å². The van der Waals surface area contributed by atoms with Crippen molar-refractivity contribution in [2.75, 3.05) is 13.1 Å². The van der Waals surface area contributed by atoms with Crippen molar-refractivity contribution in [3.05, 3.63) is 46.3 Å². The maximum atomic E-state index is 12.8. The summed E-state index contributed by atoms with van der Waals surface area (Å²) in [7, 11) is 0. The van der Waals surface area contributed by atoms with Gasteiger partial charge in [0.05, 0.1) is 5.69 Å². The van der Waals surface area contributed by atoms with E-state index in [0.29, 0.717) is 5.69 Å². The summed E-state index contributed by atoms with van der Waals surface area (Å²) >= 11 is 0. The standard InChI is InChI=1S/C20H26N4O/c1-13-6-7-17(14(2)12-13)24-18-5-3-4-16(18)19(23-24)20(25)22-15-8-10-21-11-9-15/h6-7,12,15,21H,3-5,8-11H2,1-2H3,(H,22,25). The Morgan fingerprint density at radius 3 is 2.80 bits per heavy atom. The molecule has 1 aromatic carbocycles.